The van der Waals surface area contributed by atoms with Crippen molar-refractivity contribution in [1.82, 2.24) is 9.63 Å². The number of rotatable bonds is 3. The number of alkyl halides is 2. The molecule has 3 rings (SSSR count). The van der Waals surface area contributed by atoms with Gasteiger partial charge in [0.25, 0.3) is 11.8 Å². The van der Waals surface area contributed by atoms with Crippen LogP contribution in [-0.4, -0.2) is 27.4 Å². The highest BCUT2D eigenvalue weighted by Crippen LogP contribution is 2.31. The molecule has 0 unspecified atom stereocenters. The van der Waals surface area contributed by atoms with E-state index < -0.39 is 34.8 Å². The average Bonchev–Trinajstić information content (AvgIpc) is 2.82. The van der Waals surface area contributed by atoms with Crippen molar-refractivity contribution in [1.29, 1.82) is 0 Å². The van der Waals surface area contributed by atoms with Gasteiger partial charge in [0, 0.05) is 24.9 Å². The standard InChI is InChI=1S/C16H10F2N2O5/c1-19-8-9(6-7-12(19)21)16(17,18)15(24)25-20-13(22)10-4-2-3-5-11(10)14(20)23/h2-8H,1H3. The molecule has 1 aliphatic heterocycles. The summed E-state index contributed by atoms with van der Waals surface area (Å²) in [6, 6.07) is 7.22. The van der Waals surface area contributed by atoms with E-state index in [1.54, 1.807) is 0 Å². The van der Waals surface area contributed by atoms with Crippen molar-refractivity contribution in [3.8, 4) is 0 Å². The Morgan fingerprint density at radius 2 is 1.56 bits per heavy atom. The number of halogens is 2. The molecule has 0 spiro atoms. The minimum atomic E-state index is -4.17. The third-order valence-electron chi connectivity index (χ3n) is 3.64. The van der Waals surface area contributed by atoms with E-state index in [4.69, 9.17) is 0 Å². The number of carbonyl (C=O) groups is 3. The molecule has 7 nitrogen and oxygen atoms in total. The molecule has 2 aromatic rings. The number of benzene rings is 1. The maximum absolute atomic E-state index is 14.3. The fraction of sp³-hybridized carbons (Fsp3) is 0.125. The number of hydrogen-bond acceptors (Lipinski definition) is 5. The number of pyridine rings is 1. The van der Waals surface area contributed by atoms with E-state index in [0.717, 1.165) is 22.9 Å². The summed E-state index contributed by atoms with van der Waals surface area (Å²) in [6.45, 7) is 0. The Kier molecular flexibility index (Phi) is 3.71. The lowest BCUT2D eigenvalue weighted by Gasteiger charge is -2.19. The molecule has 0 fully saturated rings. The topological polar surface area (TPSA) is 85.7 Å². The van der Waals surface area contributed by atoms with Gasteiger partial charge < -0.3 is 9.40 Å². The Morgan fingerprint density at radius 1 is 1.00 bits per heavy atom. The number of hydroxylamine groups is 2. The lowest BCUT2D eigenvalue weighted by molar-refractivity contribution is -0.198. The van der Waals surface area contributed by atoms with E-state index in [2.05, 4.69) is 4.84 Å². The molecule has 2 heterocycles. The van der Waals surface area contributed by atoms with Gasteiger partial charge in [-0.3, -0.25) is 14.4 Å². The molecule has 0 saturated heterocycles. The Hall–Kier alpha value is -3.36. The van der Waals surface area contributed by atoms with Crippen LogP contribution in [-0.2, 0) is 22.6 Å². The van der Waals surface area contributed by atoms with Crippen molar-refractivity contribution < 1.29 is 28.0 Å². The molecule has 128 valence electrons. The fourth-order valence-electron chi connectivity index (χ4n) is 2.29. The van der Waals surface area contributed by atoms with Gasteiger partial charge in [-0.05, 0) is 18.2 Å². The van der Waals surface area contributed by atoms with Crippen LogP contribution in [0.1, 0.15) is 26.3 Å². The molecule has 0 saturated carbocycles. The van der Waals surface area contributed by atoms with E-state index >= 15 is 0 Å². The molecule has 0 radical (unpaired) electrons. The third-order valence-corrected chi connectivity index (χ3v) is 3.64. The van der Waals surface area contributed by atoms with Gasteiger partial charge in [0.1, 0.15) is 0 Å². The molecule has 0 atom stereocenters. The number of carbonyl (C=O) groups excluding carboxylic acids is 3. The molecule has 1 aromatic carbocycles. The molecule has 0 bridgehead atoms. The normalized spacial score (nSPS) is 13.8. The lowest BCUT2D eigenvalue weighted by atomic mass is 10.1. The van der Waals surface area contributed by atoms with Gasteiger partial charge in [-0.1, -0.05) is 17.2 Å². The molecule has 1 aromatic heterocycles. The Bertz CT molecular complexity index is 932. The summed E-state index contributed by atoms with van der Waals surface area (Å²) < 4.78 is 29.4. The molecule has 0 aliphatic carbocycles. The molecule has 0 N–H and O–H groups in total. The third kappa shape index (κ3) is 2.59. The van der Waals surface area contributed by atoms with Crippen LogP contribution in [0.5, 0.6) is 0 Å². The summed E-state index contributed by atoms with van der Waals surface area (Å²) in [4.78, 5) is 51.6. The van der Waals surface area contributed by atoms with Crippen molar-refractivity contribution in [2.45, 2.75) is 5.92 Å². The number of fused-ring (bicyclic) bond motifs is 1. The Balaban J connectivity index is 1.87. The quantitative estimate of drug-likeness (QED) is 0.779. The van der Waals surface area contributed by atoms with E-state index in [9.17, 15) is 28.0 Å². The lowest BCUT2D eigenvalue weighted by Crippen LogP contribution is -2.39. The first kappa shape index (κ1) is 16.5. The van der Waals surface area contributed by atoms with Crippen molar-refractivity contribution in [3.05, 3.63) is 69.6 Å². The van der Waals surface area contributed by atoms with E-state index in [-0.39, 0.29) is 16.2 Å². The number of amides is 2. The number of imide groups is 1. The van der Waals surface area contributed by atoms with E-state index in [1.807, 2.05) is 0 Å². The van der Waals surface area contributed by atoms with Crippen molar-refractivity contribution >= 4 is 17.8 Å². The summed E-state index contributed by atoms with van der Waals surface area (Å²) in [7, 11) is 1.23. The summed E-state index contributed by atoms with van der Waals surface area (Å²) in [6.07, 6.45) is 0.770. The maximum atomic E-state index is 14.3. The first-order valence-electron chi connectivity index (χ1n) is 6.98. The predicted molar refractivity (Wildman–Crippen MR) is 78.6 cm³/mol. The van der Waals surface area contributed by atoms with Gasteiger partial charge in [-0.2, -0.15) is 8.78 Å². The minimum Gasteiger partial charge on any atom is -0.323 e. The molecule has 1 aliphatic rings. The van der Waals surface area contributed by atoms with Gasteiger partial charge in [0.2, 0.25) is 5.56 Å². The van der Waals surface area contributed by atoms with Crippen molar-refractivity contribution in [2.75, 3.05) is 0 Å². The second-order valence-corrected chi connectivity index (χ2v) is 5.27. The van der Waals surface area contributed by atoms with Crippen LogP contribution in [0.4, 0.5) is 8.78 Å². The van der Waals surface area contributed by atoms with E-state index in [1.165, 1.54) is 31.3 Å². The highest BCUT2D eigenvalue weighted by Gasteiger charge is 2.48. The zero-order valence-corrected chi connectivity index (χ0v) is 12.7. The Morgan fingerprint density at radius 3 is 2.08 bits per heavy atom. The summed E-state index contributed by atoms with van der Waals surface area (Å²) in [5.74, 6) is -8.29. The van der Waals surface area contributed by atoms with Gasteiger partial charge in [-0.15, -0.1) is 0 Å². The largest absolute Gasteiger partial charge is 0.407 e. The highest BCUT2D eigenvalue weighted by molar-refractivity contribution is 6.20. The molecular weight excluding hydrogens is 338 g/mol. The smallest absolute Gasteiger partial charge is 0.323 e. The second kappa shape index (κ2) is 5.62. The van der Waals surface area contributed by atoms with Crippen LogP contribution in [0.2, 0.25) is 0 Å². The summed E-state index contributed by atoms with van der Waals surface area (Å²) in [5.41, 5.74) is -1.46. The first-order chi connectivity index (χ1) is 11.7. The van der Waals surface area contributed by atoms with Gasteiger partial charge in [0.15, 0.2) is 0 Å². The van der Waals surface area contributed by atoms with Gasteiger partial charge in [-0.25, -0.2) is 4.79 Å². The molecule has 25 heavy (non-hydrogen) atoms. The zero-order valence-electron chi connectivity index (χ0n) is 12.7. The Labute approximate surface area is 139 Å². The predicted octanol–water partition coefficient (Wildman–Crippen LogP) is 1.23. The molecule has 2 amide bonds. The fourth-order valence-corrected chi connectivity index (χ4v) is 2.29. The van der Waals surface area contributed by atoms with Crippen LogP contribution in [0.3, 0.4) is 0 Å². The summed E-state index contributed by atoms with van der Waals surface area (Å²) in [5, 5.41) is 0.00285. The van der Waals surface area contributed by atoms with Crippen LogP contribution >= 0.6 is 0 Å². The monoisotopic (exact) mass is 348 g/mol. The van der Waals surface area contributed by atoms with Crippen molar-refractivity contribution in [3.63, 3.8) is 0 Å². The zero-order chi connectivity index (χ0) is 18.4. The van der Waals surface area contributed by atoms with Crippen LogP contribution in [0.15, 0.2) is 47.4 Å². The van der Waals surface area contributed by atoms with E-state index in [0.29, 0.717) is 0 Å². The molecule has 9 heteroatoms. The maximum Gasteiger partial charge on any atom is 0.407 e. The van der Waals surface area contributed by atoms with Crippen molar-refractivity contribution in [2.24, 2.45) is 7.05 Å². The van der Waals surface area contributed by atoms with Crippen LogP contribution in [0, 0.1) is 0 Å². The second-order valence-electron chi connectivity index (χ2n) is 5.27. The number of aryl methyl sites for hydroxylation is 1. The minimum absolute atomic E-state index is 0.00285. The average molecular weight is 348 g/mol. The van der Waals surface area contributed by atoms with Crippen LogP contribution in [0.25, 0.3) is 0 Å². The van der Waals surface area contributed by atoms with Gasteiger partial charge >= 0.3 is 11.9 Å². The van der Waals surface area contributed by atoms with Crippen LogP contribution < -0.4 is 5.56 Å². The highest BCUT2D eigenvalue weighted by atomic mass is 19.3. The number of aromatic nitrogens is 1. The number of nitrogens with zero attached hydrogens (tertiary/aromatic N) is 2. The summed E-state index contributed by atoms with van der Waals surface area (Å²) >= 11 is 0. The van der Waals surface area contributed by atoms with Gasteiger partial charge in [0.05, 0.1) is 11.1 Å². The SMILES string of the molecule is Cn1cc(C(F)(F)C(=O)ON2C(=O)c3ccccc3C2=O)ccc1=O. The first-order valence-corrected chi connectivity index (χ1v) is 6.98. The molecular formula is C16H10F2N2O5. The number of hydrogen-bond donors (Lipinski definition) is 0.